The molecule has 0 amide bonds. The van der Waals surface area contributed by atoms with E-state index in [-0.39, 0.29) is 12.2 Å². The summed E-state index contributed by atoms with van der Waals surface area (Å²) >= 11 is 0. The summed E-state index contributed by atoms with van der Waals surface area (Å²) in [5, 5.41) is 0. The van der Waals surface area contributed by atoms with Crippen molar-refractivity contribution in [3.8, 4) is 5.75 Å². The summed E-state index contributed by atoms with van der Waals surface area (Å²) in [7, 11) is 0. The molecule has 0 fully saturated rings. The fourth-order valence-corrected chi connectivity index (χ4v) is 2.55. The van der Waals surface area contributed by atoms with Gasteiger partial charge in [-0.3, -0.25) is 9.20 Å². The van der Waals surface area contributed by atoms with Gasteiger partial charge in [0.2, 0.25) is 0 Å². The number of ether oxygens (including phenoxy) is 1. The van der Waals surface area contributed by atoms with Crippen LogP contribution in [0.1, 0.15) is 22.5 Å². The minimum absolute atomic E-state index is 0.0812. The maximum Gasteiger partial charge on any atom is 0.258 e. The smallest absolute Gasteiger partial charge is 0.258 e. The van der Waals surface area contributed by atoms with Gasteiger partial charge in [0.15, 0.2) is 0 Å². The molecule has 3 aromatic rings. The highest BCUT2D eigenvalue weighted by atomic mass is 16.5. The van der Waals surface area contributed by atoms with Gasteiger partial charge in [0.05, 0.1) is 5.69 Å². The van der Waals surface area contributed by atoms with E-state index >= 15 is 0 Å². The van der Waals surface area contributed by atoms with Crippen LogP contribution in [0.4, 0.5) is 0 Å². The minimum Gasteiger partial charge on any atom is -0.487 e. The van der Waals surface area contributed by atoms with Crippen molar-refractivity contribution in [2.24, 2.45) is 0 Å². The number of aromatic nitrogens is 2. The van der Waals surface area contributed by atoms with Crippen LogP contribution < -0.4 is 10.3 Å². The molecule has 2 aromatic heterocycles. The van der Waals surface area contributed by atoms with Gasteiger partial charge in [-0.15, -0.1) is 0 Å². The zero-order chi connectivity index (χ0) is 15.7. The van der Waals surface area contributed by atoms with Crippen molar-refractivity contribution in [1.29, 1.82) is 0 Å². The first-order valence-electron chi connectivity index (χ1n) is 7.23. The van der Waals surface area contributed by atoms with Crippen LogP contribution in [-0.4, -0.2) is 9.38 Å². The molecule has 0 aliphatic carbocycles. The van der Waals surface area contributed by atoms with Gasteiger partial charge in [-0.1, -0.05) is 23.8 Å². The molecule has 0 saturated carbocycles. The monoisotopic (exact) mass is 294 g/mol. The van der Waals surface area contributed by atoms with Crippen LogP contribution in [0, 0.1) is 20.8 Å². The lowest BCUT2D eigenvalue weighted by Gasteiger charge is -2.10. The van der Waals surface area contributed by atoms with E-state index in [1.807, 2.05) is 51.1 Å². The van der Waals surface area contributed by atoms with E-state index in [9.17, 15) is 4.79 Å². The molecule has 0 saturated heterocycles. The van der Waals surface area contributed by atoms with E-state index in [4.69, 9.17) is 4.74 Å². The van der Waals surface area contributed by atoms with Crippen molar-refractivity contribution in [2.75, 3.05) is 0 Å². The average Bonchev–Trinajstić information content (AvgIpc) is 2.46. The Morgan fingerprint density at radius 2 is 1.91 bits per heavy atom. The van der Waals surface area contributed by atoms with Crippen LogP contribution in [0.15, 0.2) is 47.3 Å². The van der Waals surface area contributed by atoms with Crippen LogP contribution in [0.5, 0.6) is 5.75 Å². The highest BCUT2D eigenvalue weighted by molar-refractivity contribution is 5.40. The third-order valence-electron chi connectivity index (χ3n) is 3.64. The van der Waals surface area contributed by atoms with Crippen LogP contribution in [-0.2, 0) is 6.61 Å². The molecule has 0 spiro atoms. The summed E-state index contributed by atoms with van der Waals surface area (Å²) in [5.74, 6) is 0.817. The zero-order valence-corrected chi connectivity index (χ0v) is 13.0. The van der Waals surface area contributed by atoms with E-state index in [1.54, 1.807) is 4.40 Å². The molecule has 0 aliphatic heterocycles. The summed E-state index contributed by atoms with van der Waals surface area (Å²) in [5.41, 5.74) is 4.34. The maximum atomic E-state index is 12.2. The summed E-state index contributed by atoms with van der Waals surface area (Å²) in [6.07, 6.45) is 0. The van der Waals surface area contributed by atoms with Gasteiger partial charge in [-0.05, 0) is 44.5 Å². The Morgan fingerprint density at radius 3 is 2.68 bits per heavy atom. The number of hydrogen-bond donors (Lipinski definition) is 0. The topological polar surface area (TPSA) is 43.6 Å². The van der Waals surface area contributed by atoms with Crippen molar-refractivity contribution in [1.82, 2.24) is 9.38 Å². The van der Waals surface area contributed by atoms with Crippen molar-refractivity contribution in [3.05, 3.63) is 75.3 Å². The molecule has 0 unspecified atom stereocenters. The van der Waals surface area contributed by atoms with Crippen LogP contribution >= 0.6 is 0 Å². The Bertz CT molecular complexity index is 897. The normalized spacial score (nSPS) is 10.9. The fourth-order valence-electron chi connectivity index (χ4n) is 2.55. The first-order valence-corrected chi connectivity index (χ1v) is 7.23. The molecule has 4 nitrogen and oxygen atoms in total. The number of nitrogens with zero attached hydrogens (tertiary/aromatic N) is 2. The maximum absolute atomic E-state index is 12.2. The van der Waals surface area contributed by atoms with Gasteiger partial charge >= 0.3 is 0 Å². The number of benzene rings is 1. The zero-order valence-electron chi connectivity index (χ0n) is 13.0. The van der Waals surface area contributed by atoms with Gasteiger partial charge < -0.3 is 4.74 Å². The van der Waals surface area contributed by atoms with Crippen LogP contribution in [0.25, 0.3) is 5.65 Å². The molecule has 3 rings (SSSR count). The summed E-state index contributed by atoms with van der Waals surface area (Å²) in [6.45, 7) is 6.23. The third-order valence-corrected chi connectivity index (χ3v) is 3.64. The molecular formula is C18H18N2O2. The molecule has 4 heteroatoms. The molecule has 22 heavy (non-hydrogen) atoms. The standard InChI is InChI=1S/C18H18N2O2/c1-12-7-8-16(13(2)9-12)22-11-15-10-18(21)20-14(3)5-4-6-17(20)19-15/h4-10H,11H2,1-3H3. The fraction of sp³-hybridized carbons (Fsp3) is 0.222. The highest BCUT2D eigenvalue weighted by Crippen LogP contribution is 2.19. The predicted octanol–water partition coefficient (Wildman–Crippen LogP) is 3.20. The summed E-state index contributed by atoms with van der Waals surface area (Å²) in [6, 6.07) is 13.2. The Balaban J connectivity index is 1.90. The predicted molar refractivity (Wildman–Crippen MR) is 86.4 cm³/mol. The Morgan fingerprint density at radius 1 is 1.09 bits per heavy atom. The molecule has 1 aromatic carbocycles. The molecule has 0 N–H and O–H groups in total. The second kappa shape index (κ2) is 5.64. The summed E-state index contributed by atoms with van der Waals surface area (Å²) in [4.78, 5) is 16.7. The highest BCUT2D eigenvalue weighted by Gasteiger charge is 2.06. The number of rotatable bonds is 3. The molecular weight excluding hydrogens is 276 g/mol. The Hall–Kier alpha value is -2.62. The van der Waals surface area contributed by atoms with Crippen molar-refractivity contribution >= 4 is 5.65 Å². The molecule has 0 aliphatic rings. The van der Waals surface area contributed by atoms with E-state index in [2.05, 4.69) is 11.1 Å². The van der Waals surface area contributed by atoms with Gasteiger partial charge in [-0.25, -0.2) is 4.98 Å². The molecule has 112 valence electrons. The number of hydrogen-bond acceptors (Lipinski definition) is 3. The van der Waals surface area contributed by atoms with E-state index in [0.29, 0.717) is 11.3 Å². The second-order valence-electron chi connectivity index (χ2n) is 5.50. The number of aryl methyl sites for hydroxylation is 3. The van der Waals surface area contributed by atoms with Crippen molar-refractivity contribution in [2.45, 2.75) is 27.4 Å². The average molecular weight is 294 g/mol. The van der Waals surface area contributed by atoms with Crippen LogP contribution in [0.3, 0.4) is 0 Å². The number of fused-ring (bicyclic) bond motifs is 1. The number of pyridine rings is 1. The second-order valence-corrected chi connectivity index (χ2v) is 5.50. The van der Waals surface area contributed by atoms with Gasteiger partial charge in [-0.2, -0.15) is 0 Å². The van der Waals surface area contributed by atoms with E-state index < -0.39 is 0 Å². The first-order chi connectivity index (χ1) is 10.5. The Labute approximate surface area is 129 Å². The minimum atomic E-state index is -0.0812. The SMILES string of the molecule is Cc1ccc(OCc2cc(=O)n3c(C)cccc3n2)c(C)c1. The largest absolute Gasteiger partial charge is 0.487 e. The summed E-state index contributed by atoms with van der Waals surface area (Å²) < 4.78 is 7.40. The van der Waals surface area contributed by atoms with Gasteiger partial charge in [0.25, 0.3) is 5.56 Å². The van der Waals surface area contributed by atoms with Gasteiger partial charge in [0, 0.05) is 11.8 Å². The molecule has 0 bridgehead atoms. The lowest BCUT2D eigenvalue weighted by Crippen LogP contribution is -2.18. The van der Waals surface area contributed by atoms with E-state index in [1.165, 1.54) is 11.6 Å². The Kier molecular flexibility index (Phi) is 3.67. The third kappa shape index (κ3) is 2.72. The van der Waals surface area contributed by atoms with Crippen molar-refractivity contribution in [3.63, 3.8) is 0 Å². The molecule has 2 heterocycles. The first kappa shape index (κ1) is 14.3. The molecule has 0 radical (unpaired) electrons. The quantitative estimate of drug-likeness (QED) is 0.745. The van der Waals surface area contributed by atoms with Crippen molar-refractivity contribution < 1.29 is 4.74 Å². The van der Waals surface area contributed by atoms with Crippen LogP contribution in [0.2, 0.25) is 0 Å². The lowest BCUT2D eigenvalue weighted by atomic mass is 10.1. The lowest BCUT2D eigenvalue weighted by molar-refractivity contribution is 0.299. The molecule has 0 atom stereocenters. The van der Waals surface area contributed by atoms with E-state index in [0.717, 1.165) is 17.0 Å². The van der Waals surface area contributed by atoms with Gasteiger partial charge in [0.1, 0.15) is 18.0 Å².